The minimum atomic E-state index is -0.231. The van der Waals surface area contributed by atoms with Gasteiger partial charge in [0.05, 0.1) is 17.1 Å². The van der Waals surface area contributed by atoms with Gasteiger partial charge in [-0.3, -0.25) is 4.79 Å². The Hall–Kier alpha value is -2.99. The number of benzene rings is 3. The standard InChI is InChI=1S/C22H18BrN3O2/c1-2-5-21-25-19-10-9-15(23)12-17(19)22(28)26(21)24-13-18-16-7-4-3-6-14(16)8-11-20(18)27/h3-4,6-13,27H,2,5H2,1H3. The largest absolute Gasteiger partial charge is 0.507 e. The third-order valence-electron chi connectivity index (χ3n) is 4.60. The lowest BCUT2D eigenvalue weighted by molar-refractivity contribution is 0.475. The van der Waals surface area contributed by atoms with Crippen molar-refractivity contribution in [2.45, 2.75) is 19.8 Å². The summed E-state index contributed by atoms with van der Waals surface area (Å²) in [5.74, 6) is 0.710. The molecule has 0 fully saturated rings. The van der Waals surface area contributed by atoms with Crippen LogP contribution in [0.25, 0.3) is 21.7 Å². The summed E-state index contributed by atoms with van der Waals surface area (Å²) in [6.07, 6.45) is 2.99. The van der Waals surface area contributed by atoms with E-state index in [1.165, 1.54) is 10.9 Å². The van der Waals surface area contributed by atoms with Gasteiger partial charge in [0.1, 0.15) is 11.6 Å². The first-order chi connectivity index (χ1) is 13.6. The molecule has 1 heterocycles. The molecule has 4 aromatic rings. The second kappa shape index (κ2) is 7.56. The summed E-state index contributed by atoms with van der Waals surface area (Å²) >= 11 is 3.41. The molecule has 28 heavy (non-hydrogen) atoms. The van der Waals surface area contributed by atoms with Gasteiger partial charge in [-0.25, -0.2) is 4.98 Å². The third kappa shape index (κ3) is 3.31. The molecule has 6 heteroatoms. The number of hydrogen-bond acceptors (Lipinski definition) is 4. The molecular formula is C22H18BrN3O2. The topological polar surface area (TPSA) is 67.5 Å². The van der Waals surface area contributed by atoms with Crippen LogP contribution in [-0.4, -0.2) is 21.0 Å². The van der Waals surface area contributed by atoms with Gasteiger partial charge in [-0.05, 0) is 41.5 Å². The SMILES string of the molecule is CCCc1nc2ccc(Br)cc2c(=O)n1N=Cc1c(O)ccc2ccccc12. The molecule has 3 aromatic carbocycles. The lowest BCUT2D eigenvalue weighted by Crippen LogP contribution is -2.22. The van der Waals surface area contributed by atoms with Crippen molar-refractivity contribution in [3.63, 3.8) is 0 Å². The lowest BCUT2D eigenvalue weighted by atomic mass is 10.0. The van der Waals surface area contributed by atoms with E-state index in [1.54, 1.807) is 12.1 Å². The first-order valence-electron chi connectivity index (χ1n) is 9.04. The smallest absolute Gasteiger partial charge is 0.282 e. The number of nitrogens with zero attached hydrogens (tertiary/aromatic N) is 3. The Morgan fingerprint density at radius 2 is 1.96 bits per heavy atom. The van der Waals surface area contributed by atoms with Gasteiger partial charge in [0, 0.05) is 16.5 Å². The van der Waals surface area contributed by atoms with Gasteiger partial charge in [-0.15, -0.1) is 0 Å². The fraction of sp³-hybridized carbons (Fsp3) is 0.136. The van der Waals surface area contributed by atoms with E-state index in [9.17, 15) is 9.90 Å². The summed E-state index contributed by atoms with van der Waals surface area (Å²) in [5.41, 5.74) is 0.989. The van der Waals surface area contributed by atoms with Gasteiger partial charge in [0.15, 0.2) is 0 Å². The van der Waals surface area contributed by atoms with Crippen LogP contribution in [0.3, 0.4) is 0 Å². The number of phenols is 1. The van der Waals surface area contributed by atoms with Crippen molar-refractivity contribution in [2.75, 3.05) is 0 Å². The van der Waals surface area contributed by atoms with Crippen LogP contribution in [0.5, 0.6) is 5.75 Å². The fourth-order valence-electron chi connectivity index (χ4n) is 3.23. The molecule has 0 saturated carbocycles. The second-order valence-corrected chi connectivity index (χ2v) is 7.44. The number of hydrogen-bond donors (Lipinski definition) is 1. The third-order valence-corrected chi connectivity index (χ3v) is 5.09. The molecule has 0 aliphatic heterocycles. The molecule has 5 nitrogen and oxygen atoms in total. The van der Waals surface area contributed by atoms with Crippen molar-refractivity contribution in [1.82, 2.24) is 9.66 Å². The number of aromatic nitrogens is 2. The van der Waals surface area contributed by atoms with E-state index in [1.807, 2.05) is 49.4 Å². The zero-order valence-electron chi connectivity index (χ0n) is 15.3. The fourth-order valence-corrected chi connectivity index (χ4v) is 3.60. The van der Waals surface area contributed by atoms with E-state index in [0.717, 1.165) is 21.7 Å². The summed E-state index contributed by atoms with van der Waals surface area (Å²) in [6, 6.07) is 16.7. The molecule has 0 atom stereocenters. The maximum Gasteiger partial charge on any atom is 0.282 e. The molecule has 0 aliphatic carbocycles. The van der Waals surface area contributed by atoms with E-state index >= 15 is 0 Å². The highest BCUT2D eigenvalue weighted by atomic mass is 79.9. The van der Waals surface area contributed by atoms with Crippen LogP contribution in [0, 0.1) is 0 Å². The van der Waals surface area contributed by atoms with Gasteiger partial charge < -0.3 is 5.11 Å². The quantitative estimate of drug-likeness (QED) is 0.465. The van der Waals surface area contributed by atoms with Gasteiger partial charge in [0.25, 0.3) is 5.56 Å². The predicted octanol–water partition coefficient (Wildman–Crippen LogP) is 4.85. The molecule has 1 aromatic heterocycles. The number of phenolic OH excluding ortho intramolecular Hbond substituents is 1. The lowest BCUT2D eigenvalue weighted by Gasteiger charge is -2.09. The first kappa shape index (κ1) is 18.4. The van der Waals surface area contributed by atoms with Crippen molar-refractivity contribution in [3.05, 3.63) is 80.8 Å². The Labute approximate surface area is 170 Å². The molecular weight excluding hydrogens is 418 g/mol. The Kier molecular flexibility index (Phi) is 4.96. The average molecular weight is 436 g/mol. The van der Waals surface area contributed by atoms with E-state index < -0.39 is 0 Å². The zero-order valence-corrected chi connectivity index (χ0v) is 16.8. The van der Waals surface area contributed by atoms with Crippen LogP contribution >= 0.6 is 15.9 Å². The second-order valence-electron chi connectivity index (χ2n) is 6.52. The molecule has 4 rings (SSSR count). The number of rotatable bonds is 4. The Morgan fingerprint density at radius 1 is 1.14 bits per heavy atom. The molecule has 0 amide bonds. The van der Waals surface area contributed by atoms with Crippen molar-refractivity contribution < 1.29 is 5.11 Å². The highest BCUT2D eigenvalue weighted by Gasteiger charge is 2.11. The number of fused-ring (bicyclic) bond motifs is 2. The van der Waals surface area contributed by atoms with Crippen molar-refractivity contribution in [3.8, 4) is 5.75 Å². The predicted molar refractivity (Wildman–Crippen MR) is 116 cm³/mol. The maximum absolute atomic E-state index is 13.1. The van der Waals surface area contributed by atoms with Crippen molar-refractivity contribution in [1.29, 1.82) is 0 Å². The van der Waals surface area contributed by atoms with E-state index in [2.05, 4.69) is 26.0 Å². The molecule has 0 unspecified atom stereocenters. The average Bonchev–Trinajstić information content (AvgIpc) is 2.70. The molecule has 0 bridgehead atoms. The summed E-state index contributed by atoms with van der Waals surface area (Å²) in [6.45, 7) is 2.03. The number of aryl methyl sites for hydroxylation is 1. The number of halogens is 1. The van der Waals surface area contributed by atoms with Gasteiger partial charge >= 0.3 is 0 Å². The molecule has 0 saturated heterocycles. The maximum atomic E-state index is 13.1. The highest BCUT2D eigenvalue weighted by Crippen LogP contribution is 2.25. The van der Waals surface area contributed by atoms with Crippen LogP contribution in [0.15, 0.2) is 69.0 Å². The molecule has 0 spiro atoms. The zero-order chi connectivity index (χ0) is 19.7. The van der Waals surface area contributed by atoms with E-state index in [4.69, 9.17) is 0 Å². The van der Waals surface area contributed by atoms with Crippen LogP contribution in [0.2, 0.25) is 0 Å². The summed E-state index contributed by atoms with van der Waals surface area (Å²) in [5, 5.41) is 17.1. The van der Waals surface area contributed by atoms with Crippen LogP contribution < -0.4 is 5.56 Å². The summed E-state index contributed by atoms with van der Waals surface area (Å²) < 4.78 is 2.14. The normalized spacial score (nSPS) is 11.6. The Bertz CT molecular complexity index is 1280. The van der Waals surface area contributed by atoms with Crippen LogP contribution in [-0.2, 0) is 6.42 Å². The van der Waals surface area contributed by atoms with Gasteiger partial charge in [-0.2, -0.15) is 9.78 Å². The minimum Gasteiger partial charge on any atom is -0.507 e. The van der Waals surface area contributed by atoms with Crippen LogP contribution in [0.1, 0.15) is 24.7 Å². The summed E-state index contributed by atoms with van der Waals surface area (Å²) in [4.78, 5) is 17.7. The Morgan fingerprint density at radius 3 is 2.79 bits per heavy atom. The van der Waals surface area contributed by atoms with E-state index in [-0.39, 0.29) is 11.3 Å². The van der Waals surface area contributed by atoms with Crippen molar-refractivity contribution >= 4 is 43.8 Å². The van der Waals surface area contributed by atoms with Gasteiger partial charge in [-0.1, -0.05) is 53.2 Å². The van der Waals surface area contributed by atoms with Gasteiger partial charge in [0.2, 0.25) is 0 Å². The number of aromatic hydroxyl groups is 1. The molecule has 140 valence electrons. The Balaban J connectivity index is 1.92. The summed E-state index contributed by atoms with van der Waals surface area (Å²) in [7, 11) is 0. The molecule has 1 N–H and O–H groups in total. The molecule has 0 aliphatic rings. The van der Waals surface area contributed by atoms with Crippen LogP contribution in [0.4, 0.5) is 0 Å². The molecule has 0 radical (unpaired) electrons. The minimum absolute atomic E-state index is 0.115. The monoisotopic (exact) mass is 435 g/mol. The van der Waals surface area contributed by atoms with E-state index in [0.29, 0.717) is 28.7 Å². The highest BCUT2D eigenvalue weighted by molar-refractivity contribution is 9.10. The van der Waals surface area contributed by atoms with Crippen molar-refractivity contribution in [2.24, 2.45) is 5.10 Å². The first-order valence-corrected chi connectivity index (χ1v) is 9.84.